The zero-order chi connectivity index (χ0) is 12.8. The van der Waals surface area contributed by atoms with Crippen molar-refractivity contribution in [1.82, 2.24) is 9.97 Å². The van der Waals surface area contributed by atoms with Gasteiger partial charge in [0.05, 0.1) is 23.9 Å². The van der Waals surface area contributed by atoms with Crippen molar-refractivity contribution in [3.8, 4) is 11.3 Å². The number of hydrogen-bond acceptors (Lipinski definition) is 2. The van der Waals surface area contributed by atoms with Crippen molar-refractivity contribution in [3.63, 3.8) is 0 Å². The van der Waals surface area contributed by atoms with E-state index < -0.39 is 0 Å². The van der Waals surface area contributed by atoms with Crippen molar-refractivity contribution >= 4 is 15.9 Å². The van der Waals surface area contributed by atoms with E-state index in [1.807, 2.05) is 0 Å². The smallest absolute Gasteiger partial charge is 0.132 e. The molecule has 0 radical (unpaired) electrons. The molecule has 0 unspecified atom stereocenters. The number of halogens is 2. The van der Waals surface area contributed by atoms with E-state index in [2.05, 4.69) is 25.9 Å². The molecule has 1 aliphatic rings. The molecule has 3 rings (SSSR count). The predicted octanol–water partition coefficient (Wildman–Crippen LogP) is 3.00. The summed E-state index contributed by atoms with van der Waals surface area (Å²) in [5, 5.41) is 9.35. The minimum atomic E-state index is -0.290. The third kappa shape index (κ3) is 1.87. The van der Waals surface area contributed by atoms with E-state index in [0.717, 1.165) is 23.1 Å². The Morgan fingerprint density at radius 2 is 2.22 bits per heavy atom. The maximum atomic E-state index is 13.7. The molecule has 0 saturated heterocycles. The second kappa shape index (κ2) is 4.17. The van der Waals surface area contributed by atoms with Crippen LogP contribution in [0.2, 0.25) is 0 Å². The lowest BCUT2D eigenvalue weighted by atomic mass is 10.1. The van der Waals surface area contributed by atoms with Crippen LogP contribution in [0.3, 0.4) is 0 Å². The average Bonchev–Trinajstić information content (AvgIpc) is 3.02. The molecule has 0 aliphatic heterocycles. The molecule has 94 valence electrons. The van der Waals surface area contributed by atoms with Gasteiger partial charge in [-0.05, 0) is 31.0 Å². The van der Waals surface area contributed by atoms with Gasteiger partial charge in [0.2, 0.25) is 0 Å². The van der Waals surface area contributed by atoms with Gasteiger partial charge < -0.3 is 10.1 Å². The Bertz CT molecular complexity index is 592. The molecule has 18 heavy (non-hydrogen) atoms. The van der Waals surface area contributed by atoms with Crippen LogP contribution in [-0.2, 0) is 5.41 Å². The van der Waals surface area contributed by atoms with Gasteiger partial charge in [0.25, 0.3) is 0 Å². The second-order valence-electron chi connectivity index (χ2n) is 4.71. The number of hydrogen-bond donors (Lipinski definition) is 2. The number of benzene rings is 1. The molecule has 1 aromatic heterocycles. The topological polar surface area (TPSA) is 48.9 Å². The standard InChI is InChI=1S/C13H12BrFN2O/c14-8-1-2-10(15)9(5-8)11-6-16-12(17-11)13(7-18)3-4-13/h1-2,5-6,18H,3-4,7H2,(H,16,17). The van der Waals surface area contributed by atoms with Crippen LogP contribution >= 0.6 is 15.9 Å². The number of imidazole rings is 1. The summed E-state index contributed by atoms with van der Waals surface area (Å²) in [6, 6.07) is 4.79. The van der Waals surface area contributed by atoms with Crippen LogP contribution in [0.25, 0.3) is 11.3 Å². The van der Waals surface area contributed by atoms with Crippen LogP contribution in [0.1, 0.15) is 18.7 Å². The van der Waals surface area contributed by atoms with Crippen LogP contribution in [-0.4, -0.2) is 21.7 Å². The predicted molar refractivity (Wildman–Crippen MR) is 69.7 cm³/mol. The Balaban J connectivity index is 2.00. The van der Waals surface area contributed by atoms with Crippen LogP contribution in [0.4, 0.5) is 4.39 Å². The number of aliphatic hydroxyl groups is 1. The molecule has 5 heteroatoms. The van der Waals surface area contributed by atoms with Gasteiger partial charge >= 0.3 is 0 Å². The molecule has 3 nitrogen and oxygen atoms in total. The molecule has 0 spiro atoms. The van der Waals surface area contributed by atoms with Crippen LogP contribution in [0.15, 0.2) is 28.9 Å². The molecular formula is C13H12BrFN2O. The second-order valence-corrected chi connectivity index (χ2v) is 5.62. The minimum absolute atomic E-state index is 0.0842. The van der Waals surface area contributed by atoms with Gasteiger partial charge in [0.15, 0.2) is 0 Å². The number of aliphatic hydroxyl groups excluding tert-OH is 1. The van der Waals surface area contributed by atoms with Crippen molar-refractivity contribution in [3.05, 3.63) is 40.5 Å². The largest absolute Gasteiger partial charge is 0.395 e. The van der Waals surface area contributed by atoms with Crippen molar-refractivity contribution < 1.29 is 9.50 Å². The molecule has 0 bridgehead atoms. The quantitative estimate of drug-likeness (QED) is 0.915. The first-order valence-corrected chi connectivity index (χ1v) is 6.56. The Kier molecular flexibility index (Phi) is 2.75. The molecule has 0 atom stereocenters. The van der Waals surface area contributed by atoms with Crippen molar-refractivity contribution in [2.75, 3.05) is 6.61 Å². The molecule has 1 saturated carbocycles. The van der Waals surface area contributed by atoms with Gasteiger partial charge in [0.1, 0.15) is 11.6 Å². The fraction of sp³-hybridized carbons (Fsp3) is 0.308. The fourth-order valence-electron chi connectivity index (χ4n) is 2.05. The summed E-state index contributed by atoms with van der Waals surface area (Å²) in [6.07, 6.45) is 3.48. The lowest BCUT2D eigenvalue weighted by molar-refractivity contribution is 0.250. The van der Waals surface area contributed by atoms with Gasteiger partial charge in [-0.15, -0.1) is 0 Å². The van der Waals surface area contributed by atoms with Gasteiger partial charge in [0, 0.05) is 10.0 Å². The highest BCUT2D eigenvalue weighted by atomic mass is 79.9. The third-order valence-electron chi connectivity index (χ3n) is 3.45. The van der Waals surface area contributed by atoms with E-state index in [4.69, 9.17) is 0 Å². The van der Waals surface area contributed by atoms with Crippen LogP contribution in [0, 0.1) is 5.82 Å². The number of H-pyrrole nitrogens is 1. The Morgan fingerprint density at radius 1 is 1.44 bits per heavy atom. The number of aromatic amines is 1. The third-order valence-corrected chi connectivity index (χ3v) is 3.95. The number of nitrogens with zero attached hydrogens (tertiary/aromatic N) is 1. The summed E-state index contributed by atoms with van der Waals surface area (Å²) in [5.41, 5.74) is 0.904. The van der Waals surface area contributed by atoms with E-state index in [0.29, 0.717) is 11.3 Å². The van der Waals surface area contributed by atoms with Gasteiger partial charge in [-0.25, -0.2) is 9.37 Å². The number of nitrogens with one attached hydrogen (secondary N) is 1. The Hall–Kier alpha value is -1.20. The van der Waals surface area contributed by atoms with E-state index in [-0.39, 0.29) is 17.8 Å². The molecule has 2 N–H and O–H groups in total. The highest BCUT2D eigenvalue weighted by molar-refractivity contribution is 9.10. The van der Waals surface area contributed by atoms with Gasteiger partial charge in [-0.3, -0.25) is 0 Å². The molecule has 2 aromatic rings. The molecule has 1 aromatic carbocycles. The SMILES string of the molecule is OCC1(c2ncc(-c3cc(Br)ccc3F)[nH]2)CC1. The molecule has 1 aliphatic carbocycles. The molecule has 1 heterocycles. The van der Waals surface area contributed by atoms with Crippen molar-refractivity contribution in [2.24, 2.45) is 0 Å². The number of aromatic nitrogens is 2. The van der Waals surface area contributed by atoms with E-state index >= 15 is 0 Å². The highest BCUT2D eigenvalue weighted by Gasteiger charge is 2.46. The monoisotopic (exact) mass is 310 g/mol. The van der Waals surface area contributed by atoms with Crippen LogP contribution < -0.4 is 0 Å². The highest BCUT2D eigenvalue weighted by Crippen LogP contribution is 2.46. The lowest BCUT2D eigenvalue weighted by Crippen LogP contribution is -2.13. The first-order chi connectivity index (χ1) is 8.64. The summed E-state index contributed by atoms with van der Waals surface area (Å²) in [7, 11) is 0. The average molecular weight is 311 g/mol. The van der Waals surface area contributed by atoms with Gasteiger partial charge in [-0.2, -0.15) is 0 Å². The summed E-state index contributed by atoms with van der Waals surface area (Å²) < 4.78 is 14.6. The van der Waals surface area contributed by atoms with E-state index in [1.54, 1.807) is 18.3 Å². The van der Waals surface area contributed by atoms with Crippen molar-refractivity contribution in [2.45, 2.75) is 18.3 Å². The normalized spacial score (nSPS) is 16.8. The van der Waals surface area contributed by atoms with Crippen molar-refractivity contribution in [1.29, 1.82) is 0 Å². The Morgan fingerprint density at radius 3 is 2.89 bits per heavy atom. The molecule has 1 fully saturated rings. The summed E-state index contributed by atoms with van der Waals surface area (Å²) in [6.45, 7) is 0.0842. The zero-order valence-electron chi connectivity index (χ0n) is 9.58. The summed E-state index contributed by atoms with van der Waals surface area (Å²) in [4.78, 5) is 7.39. The molecule has 0 amide bonds. The summed E-state index contributed by atoms with van der Waals surface area (Å²) >= 11 is 3.32. The summed E-state index contributed by atoms with van der Waals surface area (Å²) in [5.74, 6) is 0.460. The maximum absolute atomic E-state index is 13.7. The minimum Gasteiger partial charge on any atom is -0.395 e. The first kappa shape index (κ1) is 11.9. The maximum Gasteiger partial charge on any atom is 0.132 e. The van der Waals surface area contributed by atoms with Gasteiger partial charge in [-0.1, -0.05) is 15.9 Å². The number of rotatable bonds is 3. The first-order valence-electron chi connectivity index (χ1n) is 5.76. The lowest BCUT2D eigenvalue weighted by Gasteiger charge is -2.07. The zero-order valence-corrected chi connectivity index (χ0v) is 11.2. The molecular weight excluding hydrogens is 299 g/mol. The van der Waals surface area contributed by atoms with Crippen LogP contribution in [0.5, 0.6) is 0 Å². The fourth-order valence-corrected chi connectivity index (χ4v) is 2.41. The van der Waals surface area contributed by atoms with E-state index in [1.165, 1.54) is 6.07 Å². The van der Waals surface area contributed by atoms with E-state index in [9.17, 15) is 9.50 Å². The Labute approximate surface area is 112 Å².